The zero-order chi connectivity index (χ0) is 25.2. The van der Waals surface area contributed by atoms with Crippen LogP contribution in [0.25, 0.3) is 0 Å². The zero-order valence-corrected chi connectivity index (χ0v) is 20.5. The first-order valence-electron chi connectivity index (χ1n) is 13.3. The number of nitrogens with one attached hydrogen (secondary N) is 2. The number of amides is 3. The molecular formula is C27H35F2N3O4. The average molecular weight is 504 g/mol. The lowest BCUT2D eigenvalue weighted by Gasteiger charge is -2.38. The van der Waals surface area contributed by atoms with E-state index in [1.807, 2.05) is 12.1 Å². The third kappa shape index (κ3) is 5.62. The second-order valence-corrected chi connectivity index (χ2v) is 10.8. The van der Waals surface area contributed by atoms with Gasteiger partial charge in [0.15, 0.2) is 0 Å². The van der Waals surface area contributed by atoms with Gasteiger partial charge in [0.2, 0.25) is 11.8 Å². The highest BCUT2D eigenvalue weighted by Crippen LogP contribution is 2.33. The van der Waals surface area contributed by atoms with E-state index in [1.165, 1.54) is 18.4 Å². The Morgan fingerprint density at radius 2 is 1.81 bits per heavy atom. The largest absolute Gasteiger partial charge is 0.345 e. The van der Waals surface area contributed by atoms with Crippen molar-refractivity contribution in [2.45, 2.75) is 108 Å². The van der Waals surface area contributed by atoms with Gasteiger partial charge in [0.25, 0.3) is 5.91 Å². The fourth-order valence-electron chi connectivity index (χ4n) is 6.54. The molecule has 3 atom stereocenters. The second kappa shape index (κ2) is 10.9. The van der Waals surface area contributed by atoms with Gasteiger partial charge in [0.05, 0.1) is 6.10 Å². The molecule has 4 aliphatic rings. The van der Waals surface area contributed by atoms with Crippen molar-refractivity contribution in [1.82, 2.24) is 15.5 Å². The number of imide groups is 1. The summed E-state index contributed by atoms with van der Waals surface area (Å²) >= 11 is 0. The fourth-order valence-corrected chi connectivity index (χ4v) is 6.54. The number of carbonyl (C=O) groups excluding carboxylic acids is 3. The molecule has 1 unspecified atom stereocenters. The summed E-state index contributed by atoms with van der Waals surface area (Å²) in [6.07, 6.45) is 8.90. The smallest absolute Gasteiger partial charge is 0.322 e. The van der Waals surface area contributed by atoms with Gasteiger partial charge >= 0.3 is 6.61 Å². The molecule has 2 N–H and O–H groups in total. The molecule has 196 valence electrons. The molecule has 3 fully saturated rings. The van der Waals surface area contributed by atoms with Crippen LogP contribution in [0.1, 0.15) is 85.7 Å². The van der Waals surface area contributed by atoms with Crippen LogP contribution in [0.2, 0.25) is 0 Å². The quantitative estimate of drug-likeness (QED) is 0.555. The number of nitrogens with zero attached hydrogens (tertiary/aromatic N) is 1. The maximum absolute atomic E-state index is 13.0. The van der Waals surface area contributed by atoms with Gasteiger partial charge < -0.3 is 15.0 Å². The van der Waals surface area contributed by atoms with E-state index in [0.29, 0.717) is 49.4 Å². The van der Waals surface area contributed by atoms with Gasteiger partial charge in [-0.25, -0.2) is 0 Å². The van der Waals surface area contributed by atoms with Crippen LogP contribution >= 0.6 is 0 Å². The maximum Gasteiger partial charge on any atom is 0.345 e. The number of hydrogen-bond acceptors (Lipinski definition) is 5. The van der Waals surface area contributed by atoms with E-state index in [9.17, 15) is 23.2 Å². The van der Waals surface area contributed by atoms with Gasteiger partial charge in [0.1, 0.15) is 6.04 Å². The number of fused-ring (bicyclic) bond motifs is 1. The number of ether oxygens (including phenoxy) is 1. The molecule has 0 radical (unpaired) electrons. The molecule has 1 saturated heterocycles. The van der Waals surface area contributed by atoms with E-state index >= 15 is 0 Å². The summed E-state index contributed by atoms with van der Waals surface area (Å²) in [4.78, 5) is 38.4. The van der Waals surface area contributed by atoms with E-state index < -0.39 is 18.6 Å². The number of rotatable bonds is 7. The van der Waals surface area contributed by atoms with Gasteiger partial charge in [0, 0.05) is 30.6 Å². The van der Waals surface area contributed by atoms with Gasteiger partial charge in [-0.3, -0.25) is 19.7 Å². The van der Waals surface area contributed by atoms with Crippen molar-refractivity contribution in [3.63, 3.8) is 0 Å². The Morgan fingerprint density at radius 3 is 2.56 bits per heavy atom. The minimum absolute atomic E-state index is 0.144. The predicted molar refractivity (Wildman–Crippen MR) is 128 cm³/mol. The third-order valence-electron chi connectivity index (χ3n) is 8.41. The zero-order valence-electron chi connectivity index (χ0n) is 20.5. The van der Waals surface area contributed by atoms with Crippen LogP contribution in [-0.4, -0.2) is 53.5 Å². The van der Waals surface area contributed by atoms with Crippen molar-refractivity contribution in [2.24, 2.45) is 5.92 Å². The molecule has 2 aliphatic carbocycles. The Kier molecular flexibility index (Phi) is 7.67. The van der Waals surface area contributed by atoms with Gasteiger partial charge in [-0.15, -0.1) is 0 Å². The summed E-state index contributed by atoms with van der Waals surface area (Å²) in [6.45, 7) is -2.30. The van der Waals surface area contributed by atoms with Crippen molar-refractivity contribution in [2.75, 3.05) is 0 Å². The third-order valence-corrected chi connectivity index (χ3v) is 8.41. The summed E-state index contributed by atoms with van der Waals surface area (Å²) < 4.78 is 29.7. The SMILES string of the molecule is O=C1CCC(N2Cc3cc(C[C@H]4CCCC[C@@H]4NC4CCC(OC(F)F)CC4)ccc3C2=O)C(=O)N1. The summed E-state index contributed by atoms with van der Waals surface area (Å²) in [6, 6.07) is 6.16. The standard InChI is InChI=1S/C27H35F2N3O4/c28-27(29)36-20-8-6-19(7-9-20)30-22-4-2-1-3-17(22)13-16-5-10-21-18(14-16)15-32(26(21)35)23-11-12-24(33)31-25(23)34/h5,10,14,17,19-20,22-23,27,30H,1-4,6-9,11-13,15H2,(H,31,33,34)/t17-,19?,20?,22+,23?/m1/s1. The average Bonchev–Trinajstić information content (AvgIpc) is 3.16. The number of halogens is 2. The number of hydrogen-bond donors (Lipinski definition) is 2. The van der Waals surface area contributed by atoms with Crippen molar-refractivity contribution < 1.29 is 27.9 Å². The van der Waals surface area contributed by atoms with Gasteiger partial charge in [-0.1, -0.05) is 25.0 Å². The molecule has 2 saturated carbocycles. The lowest BCUT2D eigenvalue weighted by atomic mass is 9.79. The van der Waals surface area contributed by atoms with E-state index in [1.54, 1.807) is 4.90 Å². The molecule has 1 aromatic rings. The molecule has 9 heteroatoms. The normalized spacial score (nSPS) is 31.0. The Balaban J connectivity index is 1.20. The Labute approximate surface area is 210 Å². The highest BCUT2D eigenvalue weighted by molar-refractivity contribution is 6.05. The lowest BCUT2D eigenvalue weighted by Crippen LogP contribution is -2.52. The van der Waals surface area contributed by atoms with Crippen LogP contribution in [-0.2, 0) is 27.3 Å². The summed E-state index contributed by atoms with van der Waals surface area (Å²) in [5.74, 6) is -0.337. The first-order chi connectivity index (χ1) is 17.4. The Morgan fingerprint density at radius 1 is 1.03 bits per heavy atom. The predicted octanol–water partition coefficient (Wildman–Crippen LogP) is 3.69. The Hall–Kier alpha value is -2.39. The van der Waals surface area contributed by atoms with E-state index in [4.69, 9.17) is 4.74 Å². The van der Waals surface area contributed by atoms with E-state index in [2.05, 4.69) is 16.7 Å². The number of piperidine rings is 1. The number of alkyl halides is 2. The van der Waals surface area contributed by atoms with Crippen molar-refractivity contribution in [3.8, 4) is 0 Å². The molecule has 3 amide bonds. The summed E-state index contributed by atoms with van der Waals surface area (Å²) in [5.41, 5.74) is 2.78. The number of carbonyl (C=O) groups is 3. The first-order valence-corrected chi connectivity index (χ1v) is 13.3. The van der Waals surface area contributed by atoms with E-state index in [0.717, 1.165) is 37.7 Å². The highest BCUT2D eigenvalue weighted by Gasteiger charge is 2.39. The van der Waals surface area contributed by atoms with Crippen molar-refractivity contribution in [3.05, 3.63) is 34.9 Å². The van der Waals surface area contributed by atoms with Crippen LogP contribution in [0.15, 0.2) is 18.2 Å². The summed E-state index contributed by atoms with van der Waals surface area (Å²) in [5, 5.41) is 6.19. The Bertz CT molecular complexity index is 995. The fraction of sp³-hybridized carbons (Fsp3) is 0.667. The monoisotopic (exact) mass is 503 g/mol. The molecule has 5 rings (SSSR count). The van der Waals surface area contributed by atoms with Gasteiger partial charge in [-0.2, -0.15) is 8.78 Å². The second-order valence-electron chi connectivity index (χ2n) is 10.8. The summed E-state index contributed by atoms with van der Waals surface area (Å²) in [7, 11) is 0. The molecule has 1 aromatic carbocycles. The molecule has 7 nitrogen and oxygen atoms in total. The minimum atomic E-state index is -2.69. The molecule has 0 bridgehead atoms. The van der Waals surface area contributed by atoms with Crippen LogP contribution < -0.4 is 10.6 Å². The van der Waals surface area contributed by atoms with Gasteiger partial charge in [-0.05, 0) is 74.5 Å². The minimum Gasteiger partial charge on any atom is -0.322 e. The molecular weight excluding hydrogens is 468 g/mol. The van der Waals surface area contributed by atoms with Crippen LogP contribution in [0.4, 0.5) is 8.78 Å². The molecule has 36 heavy (non-hydrogen) atoms. The topological polar surface area (TPSA) is 87.7 Å². The lowest BCUT2D eigenvalue weighted by molar-refractivity contribution is -0.170. The molecule has 2 heterocycles. The molecule has 0 spiro atoms. The highest BCUT2D eigenvalue weighted by atomic mass is 19.3. The maximum atomic E-state index is 13.0. The van der Waals surface area contributed by atoms with E-state index in [-0.39, 0.29) is 24.3 Å². The van der Waals surface area contributed by atoms with Crippen LogP contribution in [0.3, 0.4) is 0 Å². The molecule has 2 aliphatic heterocycles. The van der Waals surface area contributed by atoms with Crippen LogP contribution in [0.5, 0.6) is 0 Å². The first kappa shape index (κ1) is 25.3. The van der Waals surface area contributed by atoms with Crippen LogP contribution in [0, 0.1) is 5.92 Å². The number of benzene rings is 1. The van der Waals surface area contributed by atoms with Crippen molar-refractivity contribution >= 4 is 17.7 Å². The molecule has 0 aromatic heterocycles. The van der Waals surface area contributed by atoms with Crippen molar-refractivity contribution in [1.29, 1.82) is 0 Å².